The van der Waals surface area contributed by atoms with Crippen LogP contribution in [0.4, 0.5) is 0 Å². The standard InChI is InChI=1S/C11H15ClN2O2/c1-2-7-5-8(3-4-9(7)12)16-6-10(13)11(14)15/h3-5,10H,2,6,13H2,1H3,(H2,14,15). The van der Waals surface area contributed by atoms with Crippen LogP contribution >= 0.6 is 11.6 Å². The zero-order valence-corrected chi connectivity index (χ0v) is 9.83. The van der Waals surface area contributed by atoms with Crippen LogP contribution in [0.2, 0.25) is 5.02 Å². The van der Waals surface area contributed by atoms with Gasteiger partial charge < -0.3 is 16.2 Å². The first-order valence-electron chi connectivity index (χ1n) is 5.00. The van der Waals surface area contributed by atoms with E-state index in [9.17, 15) is 4.79 Å². The highest BCUT2D eigenvalue weighted by atomic mass is 35.5. The fourth-order valence-electron chi connectivity index (χ4n) is 1.18. The van der Waals surface area contributed by atoms with E-state index in [4.69, 9.17) is 27.8 Å². The Kier molecular flexibility index (Phi) is 4.58. The Morgan fingerprint density at radius 2 is 2.25 bits per heavy atom. The molecule has 0 saturated heterocycles. The third-order valence-electron chi connectivity index (χ3n) is 2.19. The van der Waals surface area contributed by atoms with Gasteiger partial charge in [0, 0.05) is 5.02 Å². The van der Waals surface area contributed by atoms with Crippen LogP contribution in [0.1, 0.15) is 12.5 Å². The number of rotatable bonds is 5. The van der Waals surface area contributed by atoms with E-state index < -0.39 is 11.9 Å². The number of ether oxygens (including phenoxy) is 1. The highest BCUT2D eigenvalue weighted by molar-refractivity contribution is 6.31. The summed E-state index contributed by atoms with van der Waals surface area (Å²) < 4.78 is 5.34. The molecule has 0 saturated carbocycles. The minimum absolute atomic E-state index is 0.0696. The largest absolute Gasteiger partial charge is 0.491 e. The lowest BCUT2D eigenvalue weighted by Crippen LogP contribution is -2.41. The number of nitrogens with two attached hydrogens (primary N) is 2. The van der Waals surface area contributed by atoms with Crippen molar-refractivity contribution in [1.29, 1.82) is 0 Å². The van der Waals surface area contributed by atoms with Crippen LogP contribution in [-0.2, 0) is 11.2 Å². The predicted octanol–water partition coefficient (Wildman–Crippen LogP) is 1.09. The van der Waals surface area contributed by atoms with Crippen molar-refractivity contribution in [3.63, 3.8) is 0 Å². The van der Waals surface area contributed by atoms with Gasteiger partial charge in [0.1, 0.15) is 18.4 Å². The second-order valence-corrected chi connectivity index (χ2v) is 3.83. The van der Waals surface area contributed by atoms with Crippen molar-refractivity contribution in [2.45, 2.75) is 19.4 Å². The fraction of sp³-hybridized carbons (Fsp3) is 0.364. The van der Waals surface area contributed by atoms with Gasteiger partial charge in [0.15, 0.2) is 0 Å². The van der Waals surface area contributed by atoms with Crippen molar-refractivity contribution in [2.24, 2.45) is 11.5 Å². The Labute approximate surface area is 99.5 Å². The van der Waals surface area contributed by atoms with Crippen LogP contribution in [0.5, 0.6) is 5.75 Å². The van der Waals surface area contributed by atoms with Gasteiger partial charge >= 0.3 is 0 Å². The van der Waals surface area contributed by atoms with Crippen molar-refractivity contribution in [2.75, 3.05) is 6.61 Å². The summed E-state index contributed by atoms with van der Waals surface area (Å²) in [7, 11) is 0. The fourth-order valence-corrected chi connectivity index (χ4v) is 1.43. The molecule has 0 heterocycles. The van der Waals surface area contributed by atoms with Gasteiger partial charge in [-0.15, -0.1) is 0 Å². The zero-order valence-electron chi connectivity index (χ0n) is 9.07. The molecule has 0 aromatic heterocycles. The second-order valence-electron chi connectivity index (χ2n) is 3.43. The van der Waals surface area contributed by atoms with E-state index in [0.29, 0.717) is 10.8 Å². The van der Waals surface area contributed by atoms with Crippen LogP contribution in [0.25, 0.3) is 0 Å². The Morgan fingerprint density at radius 3 is 2.81 bits per heavy atom. The number of carbonyl (C=O) groups excluding carboxylic acids is 1. The Hall–Kier alpha value is -1.26. The summed E-state index contributed by atoms with van der Waals surface area (Å²) in [6.45, 7) is 2.07. The van der Waals surface area contributed by atoms with Gasteiger partial charge in [0.25, 0.3) is 0 Å². The highest BCUT2D eigenvalue weighted by Crippen LogP contribution is 2.22. The van der Waals surface area contributed by atoms with Crippen molar-refractivity contribution in [3.8, 4) is 5.75 Å². The van der Waals surface area contributed by atoms with E-state index in [0.717, 1.165) is 12.0 Å². The zero-order chi connectivity index (χ0) is 12.1. The molecule has 1 amide bonds. The van der Waals surface area contributed by atoms with Crippen LogP contribution in [0.15, 0.2) is 18.2 Å². The van der Waals surface area contributed by atoms with Crippen molar-refractivity contribution < 1.29 is 9.53 Å². The number of halogens is 1. The molecule has 0 fully saturated rings. The minimum Gasteiger partial charge on any atom is -0.491 e. The van der Waals surface area contributed by atoms with Crippen molar-refractivity contribution >= 4 is 17.5 Å². The lowest BCUT2D eigenvalue weighted by molar-refractivity contribution is -0.119. The summed E-state index contributed by atoms with van der Waals surface area (Å²) in [5.74, 6) is 0.0580. The molecule has 4 nitrogen and oxygen atoms in total. The molecular formula is C11H15ClN2O2. The molecule has 0 aliphatic carbocycles. The maximum absolute atomic E-state index is 10.7. The topological polar surface area (TPSA) is 78.3 Å². The van der Waals surface area contributed by atoms with E-state index in [1.165, 1.54) is 0 Å². The van der Waals surface area contributed by atoms with Crippen LogP contribution in [0, 0.1) is 0 Å². The third kappa shape index (κ3) is 3.40. The number of benzene rings is 1. The number of aryl methyl sites for hydroxylation is 1. The van der Waals surface area contributed by atoms with Crippen LogP contribution < -0.4 is 16.2 Å². The average molecular weight is 243 g/mol. The predicted molar refractivity (Wildman–Crippen MR) is 63.5 cm³/mol. The highest BCUT2D eigenvalue weighted by Gasteiger charge is 2.10. The Balaban J connectivity index is 2.64. The lowest BCUT2D eigenvalue weighted by atomic mass is 10.1. The molecular weight excluding hydrogens is 228 g/mol. The number of hydrogen-bond acceptors (Lipinski definition) is 3. The van der Waals surface area contributed by atoms with Gasteiger partial charge in [0.2, 0.25) is 5.91 Å². The number of amides is 1. The van der Waals surface area contributed by atoms with Gasteiger partial charge in [-0.05, 0) is 30.2 Å². The summed E-state index contributed by atoms with van der Waals surface area (Å²) >= 11 is 5.96. The SMILES string of the molecule is CCc1cc(OCC(N)C(N)=O)ccc1Cl. The van der Waals surface area contributed by atoms with E-state index in [2.05, 4.69) is 0 Å². The van der Waals surface area contributed by atoms with E-state index in [1.54, 1.807) is 12.1 Å². The molecule has 5 heteroatoms. The summed E-state index contributed by atoms with van der Waals surface area (Å²) in [4.78, 5) is 10.7. The first-order valence-corrected chi connectivity index (χ1v) is 5.38. The van der Waals surface area contributed by atoms with Crippen LogP contribution in [-0.4, -0.2) is 18.6 Å². The molecule has 4 N–H and O–H groups in total. The number of carbonyl (C=O) groups is 1. The Morgan fingerprint density at radius 1 is 1.56 bits per heavy atom. The molecule has 0 aliphatic heterocycles. The summed E-state index contributed by atoms with van der Waals surface area (Å²) in [6, 6.07) is 4.53. The Bertz CT molecular complexity index is 382. The van der Waals surface area contributed by atoms with Crippen molar-refractivity contribution in [1.82, 2.24) is 0 Å². The molecule has 1 aromatic carbocycles. The quantitative estimate of drug-likeness (QED) is 0.812. The molecule has 0 aliphatic rings. The normalized spacial score (nSPS) is 12.2. The van der Waals surface area contributed by atoms with Gasteiger partial charge in [-0.3, -0.25) is 4.79 Å². The monoisotopic (exact) mass is 242 g/mol. The summed E-state index contributed by atoms with van der Waals surface area (Å²) in [5.41, 5.74) is 11.4. The van der Waals surface area contributed by atoms with E-state index >= 15 is 0 Å². The lowest BCUT2D eigenvalue weighted by Gasteiger charge is -2.11. The first kappa shape index (κ1) is 12.8. The average Bonchev–Trinajstić information content (AvgIpc) is 2.27. The second kappa shape index (κ2) is 5.72. The molecule has 1 atom stereocenters. The molecule has 1 unspecified atom stereocenters. The molecule has 0 spiro atoms. The van der Waals surface area contributed by atoms with Crippen LogP contribution in [0.3, 0.4) is 0 Å². The molecule has 1 rings (SSSR count). The molecule has 0 bridgehead atoms. The third-order valence-corrected chi connectivity index (χ3v) is 2.56. The van der Waals surface area contributed by atoms with Gasteiger partial charge in [0.05, 0.1) is 0 Å². The number of primary amides is 1. The van der Waals surface area contributed by atoms with Gasteiger partial charge in [-0.2, -0.15) is 0 Å². The van der Waals surface area contributed by atoms with Gasteiger partial charge in [-0.25, -0.2) is 0 Å². The van der Waals surface area contributed by atoms with Crippen molar-refractivity contribution in [3.05, 3.63) is 28.8 Å². The minimum atomic E-state index is -0.791. The maximum Gasteiger partial charge on any atom is 0.237 e. The molecule has 1 aromatic rings. The first-order chi connectivity index (χ1) is 7.54. The maximum atomic E-state index is 10.7. The summed E-state index contributed by atoms with van der Waals surface area (Å²) in [5, 5.41) is 0.703. The molecule has 16 heavy (non-hydrogen) atoms. The smallest absolute Gasteiger partial charge is 0.237 e. The van der Waals surface area contributed by atoms with Gasteiger partial charge in [-0.1, -0.05) is 18.5 Å². The van der Waals surface area contributed by atoms with E-state index in [1.807, 2.05) is 13.0 Å². The molecule has 0 radical (unpaired) electrons. The summed E-state index contributed by atoms with van der Waals surface area (Å²) in [6.07, 6.45) is 0.817. The molecule has 88 valence electrons. The van der Waals surface area contributed by atoms with E-state index in [-0.39, 0.29) is 6.61 Å². The number of hydrogen-bond donors (Lipinski definition) is 2.